The highest BCUT2D eigenvalue weighted by Gasteiger charge is 2.47. The summed E-state index contributed by atoms with van der Waals surface area (Å²) >= 11 is 1.35. The van der Waals surface area contributed by atoms with Crippen molar-refractivity contribution in [3.8, 4) is 11.5 Å². The van der Waals surface area contributed by atoms with Crippen molar-refractivity contribution in [2.24, 2.45) is 0 Å². The van der Waals surface area contributed by atoms with E-state index in [1.807, 2.05) is 61.5 Å². The molecule has 1 aromatic heterocycles. The van der Waals surface area contributed by atoms with Crippen LogP contribution in [0.1, 0.15) is 30.0 Å². The number of thioether (sulfide) groups is 1. The second-order valence-electron chi connectivity index (χ2n) is 11.0. The van der Waals surface area contributed by atoms with Gasteiger partial charge >= 0.3 is 6.03 Å². The number of piperidine rings is 1. The van der Waals surface area contributed by atoms with E-state index in [1.165, 1.54) is 26.0 Å². The number of aryl methyl sites for hydroxylation is 1. The number of hydrogen-bond acceptors (Lipinski definition) is 8. The Bertz CT molecular complexity index is 1560. The molecule has 0 aliphatic carbocycles. The molecule has 4 amide bonds. The van der Waals surface area contributed by atoms with Crippen LogP contribution in [0.25, 0.3) is 0 Å². The zero-order valence-corrected chi connectivity index (χ0v) is 25.6. The Hall–Kier alpha value is -4.13. The summed E-state index contributed by atoms with van der Waals surface area (Å²) in [6, 6.07) is 15.9. The van der Waals surface area contributed by atoms with Gasteiger partial charge in [-0.15, -0.1) is 0 Å². The number of ether oxygens (including phenoxy) is 3. The zero-order valence-electron chi connectivity index (χ0n) is 24.8. The Morgan fingerprint density at radius 3 is 2.68 bits per heavy atom. The van der Waals surface area contributed by atoms with Gasteiger partial charge < -0.3 is 29.7 Å². The van der Waals surface area contributed by atoms with Gasteiger partial charge in [0.25, 0.3) is 5.91 Å². The molecule has 1 saturated heterocycles. The van der Waals surface area contributed by atoms with Gasteiger partial charge in [0.15, 0.2) is 6.10 Å². The topological polar surface area (TPSA) is 122 Å². The first kappa shape index (κ1) is 29.9. The fourth-order valence-corrected chi connectivity index (χ4v) is 7.24. The first-order valence-corrected chi connectivity index (χ1v) is 15.5. The summed E-state index contributed by atoms with van der Waals surface area (Å²) in [5.41, 5.74) is 3.09. The number of methoxy groups -OCH3 is 2. The number of carbonyl (C=O) groups is 3. The molecule has 4 heterocycles. The van der Waals surface area contributed by atoms with Gasteiger partial charge in [0.1, 0.15) is 21.8 Å². The largest absolute Gasteiger partial charge is 0.457 e. The van der Waals surface area contributed by atoms with E-state index in [0.717, 1.165) is 29.7 Å². The molecule has 4 atom stereocenters. The second-order valence-corrected chi connectivity index (χ2v) is 12.2. The minimum absolute atomic E-state index is 0.153. The van der Waals surface area contributed by atoms with Gasteiger partial charge in [-0.3, -0.25) is 14.5 Å². The van der Waals surface area contributed by atoms with Crippen LogP contribution in [-0.4, -0.2) is 79.0 Å². The van der Waals surface area contributed by atoms with Gasteiger partial charge in [-0.1, -0.05) is 30.0 Å². The lowest BCUT2D eigenvalue weighted by Crippen LogP contribution is -2.55. The average Bonchev–Trinajstić information content (AvgIpc) is 3.40. The first-order chi connectivity index (χ1) is 21.4. The number of aromatic nitrogens is 1. The Balaban J connectivity index is 1.18. The average molecular weight is 618 g/mol. The number of rotatable bonds is 9. The monoisotopic (exact) mass is 617 g/mol. The second kappa shape index (κ2) is 12.8. The van der Waals surface area contributed by atoms with Gasteiger partial charge in [-0.05, 0) is 61.7 Å². The molecule has 0 saturated carbocycles. The Labute approximate surface area is 260 Å². The lowest BCUT2D eigenvalue weighted by molar-refractivity contribution is -0.146. The number of benzene rings is 2. The predicted octanol–water partition coefficient (Wildman–Crippen LogP) is 4.33. The molecule has 2 unspecified atom stereocenters. The highest BCUT2D eigenvalue weighted by atomic mass is 32.2. The Morgan fingerprint density at radius 1 is 1.11 bits per heavy atom. The van der Waals surface area contributed by atoms with Crippen LogP contribution in [-0.2, 0) is 19.1 Å². The number of para-hydroxylation sites is 1. The highest BCUT2D eigenvalue weighted by Crippen LogP contribution is 2.51. The minimum atomic E-state index is -0.685. The summed E-state index contributed by atoms with van der Waals surface area (Å²) in [6.07, 6.45) is 2.49. The zero-order chi connectivity index (χ0) is 30.8. The molecule has 0 bridgehead atoms. The van der Waals surface area contributed by atoms with Gasteiger partial charge in [-0.2, -0.15) is 0 Å². The van der Waals surface area contributed by atoms with Crippen molar-refractivity contribution >= 4 is 41.0 Å². The fourth-order valence-electron chi connectivity index (χ4n) is 6.00. The van der Waals surface area contributed by atoms with Crippen molar-refractivity contribution in [3.63, 3.8) is 0 Å². The number of hydrogen-bond donors (Lipinski definition) is 2. The normalized spacial score (nSPS) is 21.3. The van der Waals surface area contributed by atoms with Crippen molar-refractivity contribution in [1.82, 2.24) is 20.5 Å². The fraction of sp³-hybridized carbons (Fsp3) is 0.375. The lowest BCUT2D eigenvalue weighted by atomic mass is 9.98. The molecule has 3 aromatic rings. The van der Waals surface area contributed by atoms with Crippen LogP contribution in [0.3, 0.4) is 0 Å². The third-order valence-electron chi connectivity index (χ3n) is 8.11. The molecular weight excluding hydrogens is 582 g/mol. The molecule has 0 radical (unpaired) electrons. The summed E-state index contributed by atoms with van der Waals surface area (Å²) < 4.78 is 16.4. The molecule has 11 nitrogen and oxygen atoms in total. The quantitative estimate of drug-likeness (QED) is 0.364. The highest BCUT2D eigenvalue weighted by molar-refractivity contribution is 8.01. The standard InChI is InChI=1S/C32H35N5O6S/c1-19-16-22(43-21-9-5-4-6-10-21)11-12-23(19)37-24-13-14-33-30-26(24)27(35-32(37)40)28(44-30)29(38)34-20-8-7-15-36(17-20)31(39)25(42-3)18-41-2/h4-6,9-14,16,20,25,27-28H,7-8,15,17-18H2,1-3H3,(H,34,38)(H,35,40)/t20-,25-,27?,28?/m1/s1. The minimum Gasteiger partial charge on any atom is -0.457 e. The van der Waals surface area contributed by atoms with Crippen LogP contribution >= 0.6 is 11.8 Å². The molecule has 0 spiro atoms. The molecule has 2 aromatic carbocycles. The van der Waals surface area contributed by atoms with E-state index >= 15 is 0 Å². The van der Waals surface area contributed by atoms with E-state index in [1.54, 1.807) is 16.0 Å². The number of pyridine rings is 1. The number of carbonyl (C=O) groups excluding carboxylic acids is 3. The smallest absolute Gasteiger partial charge is 0.327 e. The molecule has 2 N–H and O–H groups in total. The van der Waals surface area contributed by atoms with Crippen molar-refractivity contribution in [2.75, 3.05) is 38.8 Å². The van der Waals surface area contributed by atoms with E-state index < -0.39 is 17.4 Å². The van der Waals surface area contributed by atoms with E-state index in [2.05, 4.69) is 15.6 Å². The molecule has 12 heteroatoms. The molecule has 6 rings (SSSR count). The van der Waals surface area contributed by atoms with Gasteiger partial charge in [0.05, 0.1) is 24.0 Å². The number of urea groups is 1. The number of nitrogens with zero attached hydrogens (tertiary/aromatic N) is 3. The Morgan fingerprint density at radius 2 is 1.93 bits per heavy atom. The number of anilines is 2. The van der Waals surface area contributed by atoms with Crippen LogP contribution in [0.2, 0.25) is 0 Å². The number of amides is 4. The van der Waals surface area contributed by atoms with Crippen molar-refractivity contribution < 1.29 is 28.6 Å². The summed E-state index contributed by atoms with van der Waals surface area (Å²) in [7, 11) is 3.01. The third kappa shape index (κ3) is 5.84. The summed E-state index contributed by atoms with van der Waals surface area (Å²) in [6.45, 7) is 3.08. The maximum absolute atomic E-state index is 13.7. The number of nitrogens with one attached hydrogen (secondary N) is 2. The van der Waals surface area contributed by atoms with E-state index in [4.69, 9.17) is 14.2 Å². The SMILES string of the molecule is COC[C@@H](OC)C(=O)N1CCC[C@@H](NC(=O)C2Sc3nccc4c3C2NC(=O)N4c2ccc(Oc3ccccc3)cc2C)C1. The number of likely N-dealkylation sites (tertiary alicyclic amines) is 1. The van der Waals surface area contributed by atoms with E-state index in [-0.39, 0.29) is 30.5 Å². The van der Waals surface area contributed by atoms with Crippen LogP contribution < -0.4 is 20.3 Å². The maximum atomic E-state index is 13.7. The van der Waals surface area contributed by atoms with Crippen LogP contribution in [0.15, 0.2) is 65.8 Å². The van der Waals surface area contributed by atoms with Gasteiger partial charge in [0, 0.05) is 45.1 Å². The Kier molecular flexibility index (Phi) is 8.74. The van der Waals surface area contributed by atoms with Crippen LogP contribution in [0, 0.1) is 6.92 Å². The van der Waals surface area contributed by atoms with Crippen LogP contribution in [0.5, 0.6) is 11.5 Å². The molecule has 3 aliphatic heterocycles. The lowest BCUT2D eigenvalue weighted by Gasteiger charge is -2.36. The predicted molar refractivity (Wildman–Crippen MR) is 165 cm³/mol. The van der Waals surface area contributed by atoms with E-state index in [9.17, 15) is 14.4 Å². The molecule has 1 fully saturated rings. The third-order valence-corrected chi connectivity index (χ3v) is 9.40. The van der Waals surface area contributed by atoms with E-state index in [0.29, 0.717) is 35.2 Å². The maximum Gasteiger partial charge on any atom is 0.327 e. The summed E-state index contributed by atoms with van der Waals surface area (Å²) in [5.74, 6) is 1.04. The first-order valence-electron chi connectivity index (χ1n) is 14.6. The van der Waals surface area contributed by atoms with Crippen LogP contribution in [0.4, 0.5) is 16.2 Å². The summed E-state index contributed by atoms with van der Waals surface area (Å²) in [5, 5.41) is 6.33. The van der Waals surface area contributed by atoms with Crippen molar-refractivity contribution in [2.45, 2.75) is 48.2 Å². The molecule has 3 aliphatic rings. The summed E-state index contributed by atoms with van der Waals surface area (Å²) in [4.78, 5) is 48.2. The van der Waals surface area contributed by atoms with Gasteiger partial charge in [-0.25, -0.2) is 9.78 Å². The molecule has 230 valence electrons. The van der Waals surface area contributed by atoms with Crippen molar-refractivity contribution in [1.29, 1.82) is 0 Å². The van der Waals surface area contributed by atoms with Gasteiger partial charge in [0.2, 0.25) is 5.91 Å². The molecular formula is C32H35N5O6S. The van der Waals surface area contributed by atoms with Crippen molar-refractivity contribution in [3.05, 3.63) is 71.9 Å². The molecule has 44 heavy (non-hydrogen) atoms.